The third kappa shape index (κ3) is 1.96. The van der Waals surface area contributed by atoms with Gasteiger partial charge in [0.1, 0.15) is 4.88 Å². The van der Waals surface area contributed by atoms with Gasteiger partial charge in [0.25, 0.3) is 0 Å². The molecule has 3 nitrogen and oxygen atoms in total. The summed E-state index contributed by atoms with van der Waals surface area (Å²) in [4.78, 5) is 11.1. The largest absolute Gasteiger partial charge is 0.477 e. The molecule has 0 aromatic carbocycles. The van der Waals surface area contributed by atoms with E-state index in [9.17, 15) is 4.79 Å². The maximum absolute atomic E-state index is 10.7. The second-order valence-corrected chi connectivity index (χ2v) is 4.46. The van der Waals surface area contributed by atoms with E-state index in [2.05, 4.69) is 5.32 Å². The summed E-state index contributed by atoms with van der Waals surface area (Å²) >= 11 is 1.31. The number of piperidine rings is 1. The van der Waals surface area contributed by atoms with E-state index >= 15 is 0 Å². The van der Waals surface area contributed by atoms with Gasteiger partial charge in [-0.25, -0.2) is 4.79 Å². The fourth-order valence-electron chi connectivity index (χ4n) is 1.78. The first-order chi connectivity index (χ1) is 6.77. The lowest BCUT2D eigenvalue weighted by atomic mass is 10.00. The summed E-state index contributed by atoms with van der Waals surface area (Å²) in [6.07, 6.45) is 3.58. The second kappa shape index (κ2) is 4.11. The highest BCUT2D eigenvalue weighted by Gasteiger charge is 2.17. The van der Waals surface area contributed by atoms with Gasteiger partial charge in [-0.2, -0.15) is 0 Å². The van der Waals surface area contributed by atoms with E-state index in [0.717, 1.165) is 18.5 Å². The molecule has 0 bridgehead atoms. The quantitative estimate of drug-likeness (QED) is 0.789. The monoisotopic (exact) mass is 211 g/mol. The van der Waals surface area contributed by atoms with Gasteiger partial charge in [-0.3, -0.25) is 0 Å². The van der Waals surface area contributed by atoms with Crippen LogP contribution in [-0.4, -0.2) is 17.6 Å². The Morgan fingerprint density at radius 3 is 3.00 bits per heavy atom. The normalized spacial score (nSPS) is 22.1. The molecule has 0 radical (unpaired) electrons. The van der Waals surface area contributed by atoms with Crippen LogP contribution in [0.1, 0.15) is 40.5 Å². The number of nitrogens with one attached hydrogen (secondary N) is 1. The number of carboxylic acids is 1. The zero-order chi connectivity index (χ0) is 9.97. The zero-order valence-corrected chi connectivity index (χ0v) is 8.64. The minimum Gasteiger partial charge on any atom is -0.477 e. The van der Waals surface area contributed by atoms with Crippen molar-refractivity contribution in [3.8, 4) is 0 Å². The summed E-state index contributed by atoms with van der Waals surface area (Å²) in [5.74, 6) is -0.822. The molecule has 1 aliphatic rings. The number of hydrogen-bond donors (Lipinski definition) is 2. The lowest BCUT2D eigenvalue weighted by Crippen LogP contribution is -2.26. The third-order valence-electron chi connectivity index (χ3n) is 2.54. The van der Waals surface area contributed by atoms with Crippen molar-refractivity contribution >= 4 is 17.3 Å². The van der Waals surface area contributed by atoms with Gasteiger partial charge in [0.05, 0.1) is 0 Å². The second-order valence-electron chi connectivity index (χ2n) is 3.55. The van der Waals surface area contributed by atoms with Crippen LogP contribution in [0.15, 0.2) is 11.4 Å². The molecule has 2 N–H and O–H groups in total. The summed E-state index contributed by atoms with van der Waals surface area (Å²) in [7, 11) is 0. The lowest BCUT2D eigenvalue weighted by molar-refractivity contribution is 0.0702. The average molecular weight is 211 g/mol. The van der Waals surface area contributed by atoms with E-state index < -0.39 is 5.97 Å². The van der Waals surface area contributed by atoms with Crippen molar-refractivity contribution in [1.29, 1.82) is 0 Å². The molecule has 1 aromatic heterocycles. The van der Waals surface area contributed by atoms with E-state index in [1.807, 2.05) is 5.38 Å². The fourth-order valence-corrected chi connectivity index (χ4v) is 2.58. The summed E-state index contributed by atoms with van der Waals surface area (Å²) < 4.78 is 0. The zero-order valence-electron chi connectivity index (χ0n) is 7.82. The van der Waals surface area contributed by atoms with Gasteiger partial charge in [-0.1, -0.05) is 6.42 Å². The van der Waals surface area contributed by atoms with E-state index in [4.69, 9.17) is 5.11 Å². The van der Waals surface area contributed by atoms with Gasteiger partial charge in [-0.05, 0) is 36.4 Å². The van der Waals surface area contributed by atoms with Gasteiger partial charge in [0, 0.05) is 6.04 Å². The van der Waals surface area contributed by atoms with E-state index in [1.54, 1.807) is 6.07 Å². The van der Waals surface area contributed by atoms with Crippen LogP contribution in [0.25, 0.3) is 0 Å². The number of aromatic carboxylic acids is 1. The van der Waals surface area contributed by atoms with Gasteiger partial charge in [0.2, 0.25) is 0 Å². The predicted octanol–water partition coefficient (Wildman–Crippen LogP) is 2.26. The minimum absolute atomic E-state index is 0.369. The maximum atomic E-state index is 10.7. The molecule has 1 aromatic rings. The van der Waals surface area contributed by atoms with E-state index in [-0.39, 0.29) is 0 Å². The molecule has 0 amide bonds. The Hall–Kier alpha value is -0.870. The first kappa shape index (κ1) is 9.68. The number of thiophene rings is 1. The van der Waals surface area contributed by atoms with Gasteiger partial charge >= 0.3 is 5.97 Å². The standard InChI is InChI=1S/C10H13NO2S/c12-10(13)9-5-7(6-14-9)8-3-1-2-4-11-8/h5-6,8,11H,1-4H2,(H,12,13)/t8-/m1/s1. The Morgan fingerprint density at radius 1 is 1.57 bits per heavy atom. The van der Waals surface area contributed by atoms with Gasteiger partial charge in [-0.15, -0.1) is 11.3 Å². The molecular weight excluding hydrogens is 198 g/mol. The molecule has 1 atom stereocenters. The Balaban J connectivity index is 2.11. The van der Waals surface area contributed by atoms with Crippen molar-refractivity contribution in [1.82, 2.24) is 5.32 Å². The van der Waals surface area contributed by atoms with E-state index in [0.29, 0.717) is 10.9 Å². The van der Waals surface area contributed by atoms with Crippen LogP contribution in [0.5, 0.6) is 0 Å². The minimum atomic E-state index is -0.822. The van der Waals surface area contributed by atoms with Crippen LogP contribution in [0.2, 0.25) is 0 Å². The molecule has 0 spiro atoms. The Bertz CT molecular complexity index is 329. The highest BCUT2D eigenvalue weighted by atomic mass is 32.1. The molecule has 1 fully saturated rings. The van der Waals surface area contributed by atoms with Crippen molar-refractivity contribution in [2.24, 2.45) is 0 Å². The Labute approximate surface area is 86.8 Å². The molecule has 0 saturated carbocycles. The number of rotatable bonds is 2. The molecular formula is C10H13NO2S. The van der Waals surface area contributed by atoms with Crippen LogP contribution in [-0.2, 0) is 0 Å². The molecule has 4 heteroatoms. The van der Waals surface area contributed by atoms with Crippen LogP contribution in [0, 0.1) is 0 Å². The molecule has 1 aliphatic heterocycles. The summed E-state index contributed by atoms with van der Waals surface area (Å²) in [5, 5.41) is 14.1. The van der Waals surface area contributed by atoms with Crippen molar-refractivity contribution in [3.63, 3.8) is 0 Å². The van der Waals surface area contributed by atoms with Crippen LogP contribution >= 0.6 is 11.3 Å². The van der Waals surface area contributed by atoms with E-state index in [1.165, 1.54) is 24.2 Å². The van der Waals surface area contributed by atoms with Crippen LogP contribution in [0.4, 0.5) is 0 Å². The first-order valence-electron chi connectivity index (χ1n) is 4.82. The van der Waals surface area contributed by atoms with Crippen LogP contribution in [0.3, 0.4) is 0 Å². The van der Waals surface area contributed by atoms with Crippen molar-refractivity contribution in [2.45, 2.75) is 25.3 Å². The topological polar surface area (TPSA) is 49.3 Å². The maximum Gasteiger partial charge on any atom is 0.345 e. The summed E-state index contributed by atoms with van der Waals surface area (Å²) in [5.41, 5.74) is 1.13. The van der Waals surface area contributed by atoms with Crippen molar-refractivity contribution in [3.05, 3.63) is 21.9 Å². The number of carboxylic acid groups (broad SMARTS) is 1. The smallest absolute Gasteiger partial charge is 0.345 e. The van der Waals surface area contributed by atoms with Gasteiger partial charge < -0.3 is 10.4 Å². The lowest BCUT2D eigenvalue weighted by Gasteiger charge is -2.22. The SMILES string of the molecule is O=C(O)c1cc([C@H]2CCCCN2)cs1. The molecule has 14 heavy (non-hydrogen) atoms. The summed E-state index contributed by atoms with van der Waals surface area (Å²) in [6, 6.07) is 2.16. The fraction of sp³-hybridized carbons (Fsp3) is 0.500. The first-order valence-corrected chi connectivity index (χ1v) is 5.70. The number of hydrogen-bond acceptors (Lipinski definition) is 3. The Kier molecular flexibility index (Phi) is 2.84. The average Bonchev–Trinajstić information content (AvgIpc) is 2.68. The highest BCUT2D eigenvalue weighted by Crippen LogP contribution is 2.26. The molecule has 2 heterocycles. The summed E-state index contributed by atoms with van der Waals surface area (Å²) in [6.45, 7) is 1.04. The van der Waals surface area contributed by atoms with Gasteiger partial charge in [0.15, 0.2) is 0 Å². The van der Waals surface area contributed by atoms with Crippen molar-refractivity contribution < 1.29 is 9.90 Å². The van der Waals surface area contributed by atoms with Crippen molar-refractivity contribution in [2.75, 3.05) is 6.54 Å². The molecule has 0 unspecified atom stereocenters. The highest BCUT2D eigenvalue weighted by molar-refractivity contribution is 7.12. The molecule has 1 saturated heterocycles. The predicted molar refractivity (Wildman–Crippen MR) is 55.9 cm³/mol. The third-order valence-corrected chi connectivity index (χ3v) is 3.48. The molecule has 76 valence electrons. The Morgan fingerprint density at radius 2 is 2.43 bits per heavy atom. The van der Waals surface area contributed by atoms with Crippen LogP contribution < -0.4 is 5.32 Å². The molecule has 0 aliphatic carbocycles. The molecule has 2 rings (SSSR count). The number of carbonyl (C=O) groups is 1.